The van der Waals surface area contributed by atoms with Crippen molar-refractivity contribution < 1.29 is 31.1 Å². The highest BCUT2D eigenvalue weighted by Crippen LogP contribution is 2.38. The fourth-order valence-corrected chi connectivity index (χ4v) is 3.88. The number of amides is 2. The smallest absolute Gasteiger partial charge is 0.346 e. The van der Waals surface area contributed by atoms with Crippen LogP contribution in [-0.2, 0) is 12.6 Å². The first kappa shape index (κ1) is 21.3. The van der Waals surface area contributed by atoms with E-state index in [2.05, 4.69) is 9.97 Å². The average Bonchev–Trinajstić information content (AvgIpc) is 3.25. The Morgan fingerprint density at radius 3 is 2.55 bits per heavy atom. The number of aromatic amines is 1. The van der Waals surface area contributed by atoms with Crippen LogP contribution in [0.3, 0.4) is 0 Å². The molecule has 2 aromatic heterocycles. The van der Waals surface area contributed by atoms with Crippen molar-refractivity contribution >= 4 is 17.1 Å². The minimum atomic E-state index is -4.59. The lowest BCUT2D eigenvalue weighted by Crippen LogP contribution is -2.42. The maximum Gasteiger partial charge on any atom is 0.418 e. The van der Waals surface area contributed by atoms with Crippen LogP contribution in [-0.4, -0.2) is 46.7 Å². The second-order valence-electron chi connectivity index (χ2n) is 7.20. The summed E-state index contributed by atoms with van der Waals surface area (Å²) in [5.74, 6) is -0.423. The number of nitrogens with one attached hydrogen (secondary N) is 2. The number of carbonyl (C=O) groups is 1. The van der Waals surface area contributed by atoms with Crippen molar-refractivity contribution in [3.8, 4) is 0 Å². The van der Waals surface area contributed by atoms with Gasteiger partial charge in [0.1, 0.15) is 12.2 Å². The predicted octanol–water partition coefficient (Wildman–Crippen LogP) is 4.35. The van der Waals surface area contributed by atoms with Crippen LogP contribution in [0.1, 0.15) is 24.5 Å². The van der Waals surface area contributed by atoms with Crippen molar-refractivity contribution in [2.75, 3.05) is 19.6 Å². The van der Waals surface area contributed by atoms with Crippen LogP contribution >= 0.6 is 0 Å². The van der Waals surface area contributed by atoms with E-state index in [1.165, 1.54) is 17.2 Å². The van der Waals surface area contributed by atoms with E-state index >= 15 is 0 Å². The summed E-state index contributed by atoms with van der Waals surface area (Å²) in [6, 6.07) is 0.664. The van der Waals surface area contributed by atoms with E-state index < -0.39 is 30.5 Å². The van der Waals surface area contributed by atoms with Crippen molar-refractivity contribution in [2.24, 2.45) is 11.8 Å². The molecular weight excluding hydrogens is 402 g/mol. The van der Waals surface area contributed by atoms with E-state index in [1.807, 2.05) is 12.2 Å². The van der Waals surface area contributed by atoms with Crippen molar-refractivity contribution in [3.63, 3.8) is 0 Å². The number of pyridine rings is 1. The van der Waals surface area contributed by atoms with Gasteiger partial charge in [-0.1, -0.05) is 13.3 Å². The van der Waals surface area contributed by atoms with Crippen LogP contribution in [0, 0.1) is 11.8 Å². The number of urea groups is 1. The minimum Gasteiger partial charge on any atom is -0.346 e. The van der Waals surface area contributed by atoms with Crippen LogP contribution in [0.25, 0.3) is 11.0 Å². The van der Waals surface area contributed by atoms with Gasteiger partial charge < -0.3 is 15.2 Å². The first-order chi connectivity index (χ1) is 13.5. The average molecular weight is 422 g/mol. The molecule has 5 nitrogen and oxygen atoms in total. The Labute approximate surface area is 162 Å². The van der Waals surface area contributed by atoms with Crippen LogP contribution in [0.15, 0.2) is 18.5 Å². The highest BCUT2D eigenvalue weighted by Gasteiger charge is 2.39. The molecule has 1 fully saturated rings. The molecule has 0 saturated carbocycles. The lowest BCUT2D eigenvalue weighted by molar-refractivity contribution is -0.138. The van der Waals surface area contributed by atoms with Gasteiger partial charge >= 0.3 is 18.4 Å². The summed E-state index contributed by atoms with van der Waals surface area (Å²) in [6.45, 7) is 0.690. The molecule has 1 aliphatic heterocycles. The van der Waals surface area contributed by atoms with Gasteiger partial charge in [-0.2, -0.15) is 26.3 Å². The Bertz CT molecular complexity index is 875. The summed E-state index contributed by atoms with van der Waals surface area (Å²) in [5, 5.41) is 2.18. The fraction of sp³-hybridized carbons (Fsp3) is 0.556. The van der Waals surface area contributed by atoms with Crippen LogP contribution in [0.5, 0.6) is 0 Å². The normalized spacial score (nSPS) is 20.4. The molecule has 0 unspecified atom stereocenters. The lowest BCUT2D eigenvalue weighted by Gasteiger charge is -2.20. The van der Waals surface area contributed by atoms with Gasteiger partial charge in [-0.05, 0) is 29.9 Å². The Hall–Kier alpha value is -2.46. The molecule has 3 heterocycles. The first-order valence-electron chi connectivity index (χ1n) is 9.11. The maximum atomic E-state index is 13.5. The van der Waals surface area contributed by atoms with Crippen molar-refractivity contribution in [3.05, 3.63) is 29.6 Å². The third-order valence-corrected chi connectivity index (χ3v) is 5.30. The van der Waals surface area contributed by atoms with E-state index in [4.69, 9.17) is 0 Å². The minimum absolute atomic E-state index is 0.0489. The third kappa shape index (κ3) is 4.76. The number of likely N-dealkylation sites (tertiary alicyclic amines) is 1. The number of carbonyl (C=O) groups excluding carboxylic acids is 1. The maximum absolute atomic E-state index is 13.5. The van der Waals surface area contributed by atoms with Crippen LogP contribution in [0.4, 0.5) is 31.1 Å². The molecule has 0 spiro atoms. The molecule has 160 valence electrons. The van der Waals surface area contributed by atoms with Gasteiger partial charge in [0.2, 0.25) is 0 Å². The predicted molar refractivity (Wildman–Crippen MR) is 93.1 cm³/mol. The Morgan fingerprint density at radius 2 is 1.93 bits per heavy atom. The Kier molecular flexibility index (Phi) is 5.68. The molecule has 2 aromatic rings. The number of hydrogen-bond donors (Lipinski definition) is 2. The van der Waals surface area contributed by atoms with Crippen molar-refractivity contribution in [2.45, 2.75) is 32.1 Å². The molecular formula is C18H20F6N4O. The zero-order valence-electron chi connectivity index (χ0n) is 15.5. The zero-order chi connectivity index (χ0) is 21.4. The zero-order valence-corrected chi connectivity index (χ0v) is 15.5. The van der Waals surface area contributed by atoms with Gasteiger partial charge in [0.05, 0.1) is 5.56 Å². The summed E-state index contributed by atoms with van der Waals surface area (Å²) >= 11 is 0. The molecule has 29 heavy (non-hydrogen) atoms. The topological polar surface area (TPSA) is 61.0 Å². The number of alkyl halides is 6. The number of hydrogen-bond acceptors (Lipinski definition) is 2. The van der Waals surface area contributed by atoms with Gasteiger partial charge in [0, 0.05) is 30.9 Å². The van der Waals surface area contributed by atoms with Gasteiger partial charge in [0.25, 0.3) is 0 Å². The molecule has 2 amide bonds. The number of aromatic nitrogens is 2. The summed E-state index contributed by atoms with van der Waals surface area (Å²) in [5.41, 5.74) is -0.414. The quantitative estimate of drug-likeness (QED) is 0.720. The van der Waals surface area contributed by atoms with Gasteiger partial charge in [-0.25, -0.2) is 9.78 Å². The first-order valence-corrected chi connectivity index (χ1v) is 9.11. The molecule has 2 atom stereocenters. The molecule has 0 bridgehead atoms. The standard InChI is InChI=1S/C18H20F6N4O/c1-2-10-7-28(16(29)27-9-17(19,20)21)8-11(10)5-13-12-3-4-25-15(12)26-6-14(13)18(22,23)24/h3-4,6,10-11H,2,5,7-9H2,1H3,(H,25,26)(H,27,29)/t10-,11-/m0/s1. The fourth-order valence-electron chi connectivity index (χ4n) is 3.88. The second-order valence-corrected chi connectivity index (χ2v) is 7.20. The number of H-pyrrole nitrogens is 1. The third-order valence-electron chi connectivity index (χ3n) is 5.30. The molecule has 0 aromatic carbocycles. The Morgan fingerprint density at radius 1 is 1.24 bits per heavy atom. The summed E-state index contributed by atoms with van der Waals surface area (Å²) < 4.78 is 77.6. The van der Waals surface area contributed by atoms with Crippen LogP contribution < -0.4 is 5.32 Å². The van der Waals surface area contributed by atoms with E-state index in [1.54, 1.807) is 0 Å². The molecule has 1 saturated heterocycles. The molecule has 11 heteroatoms. The molecule has 0 radical (unpaired) electrons. The number of halogens is 6. The van der Waals surface area contributed by atoms with Gasteiger partial charge in [-0.15, -0.1) is 0 Å². The summed E-state index contributed by atoms with van der Waals surface area (Å²) in [6.07, 6.45) is -6.18. The molecule has 0 aliphatic carbocycles. The number of nitrogens with zero attached hydrogens (tertiary/aromatic N) is 2. The van der Waals surface area contributed by atoms with Crippen LogP contribution in [0.2, 0.25) is 0 Å². The second kappa shape index (κ2) is 7.75. The van der Waals surface area contributed by atoms with E-state index in [-0.39, 0.29) is 36.9 Å². The largest absolute Gasteiger partial charge is 0.418 e. The highest BCUT2D eigenvalue weighted by molar-refractivity contribution is 5.81. The summed E-state index contributed by atoms with van der Waals surface area (Å²) in [4.78, 5) is 19.9. The molecule has 1 aliphatic rings. The molecule has 2 N–H and O–H groups in total. The number of fused-ring (bicyclic) bond motifs is 1. The van der Waals surface area contributed by atoms with E-state index in [0.29, 0.717) is 17.5 Å². The highest BCUT2D eigenvalue weighted by atomic mass is 19.4. The van der Waals surface area contributed by atoms with Gasteiger partial charge in [0.15, 0.2) is 0 Å². The SMILES string of the molecule is CC[C@H]1CN(C(=O)NCC(F)(F)F)C[C@@H]1Cc1c(C(F)(F)F)cnc2[nH]ccc12. The van der Waals surface area contributed by atoms with Crippen molar-refractivity contribution in [1.29, 1.82) is 0 Å². The van der Waals surface area contributed by atoms with E-state index in [9.17, 15) is 31.1 Å². The number of rotatable bonds is 4. The van der Waals surface area contributed by atoms with Gasteiger partial charge in [-0.3, -0.25) is 0 Å². The lowest BCUT2D eigenvalue weighted by atomic mass is 9.86. The molecule has 3 rings (SSSR count). The monoisotopic (exact) mass is 422 g/mol. The summed E-state index contributed by atoms with van der Waals surface area (Å²) in [7, 11) is 0. The van der Waals surface area contributed by atoms with E-state index in [0.717, 1.165) is 6.20 Å². The Balaban J connectivity index is 1.82. The van der Waals surface area contributed by atoms with Crippen molar-refractivity contribution in [1.82, 2.24) is 20.2 Å².